The summed E-state index contributed by atoms with van der Waals surface area (Å²) in [5.41, 5.74) is -1.36. The van der Waals surface area contributed by atoms with Gasteiger partial charge < -0.3 is 15.3 Å². The molecule has 1 aliphatic rings. The molecule has 1 aliphatic carbocycles. The molecule has 23 heavy (non-hydrogen) atoms. The van der Waals surface area contributed by atoms with Gasteiger partial charge >= 0.3 is 5.97 Å². The third kappa shape index (κ3) is 2.98. The van der Waals surface area contributed by atoms with Crippen molar-refractivity contribution in [1.82, 2.24) is 0 Å². The van der Waals surface area contributed by atoms with Crippen LogP contribution in [-0.4, -0.2) is 33.7 Å². The lowest BCUT2D eigenvalue weighted by atomic mass is 9.61. The van der Waals surface area contributed by atoms with Gasteiger partial charge in [0.2, 0.25) is 0 Å². The Hall–Kier alpha value is -2.24. The number of carbonyl (C=O) groups is 2. The van der Waals surface area contributed by atoms with E-state index >= 15 is 0 Å². The fourth-order valence-corrected chi connectivity index (χ4v) is 2.93. The van der Waals surface area contributed by atoms with E-state index in [2.05, 4.69) is 0 Å². The molecule has 0 aromatic heterocycles. The Morgan fingerprint density at radius 2 is 2.00 bits per heavy atom. The first-order valence-electron chi connectivity index (χ1n) is 7.30. The molecule has 2 rings (SSSR count). The van der Waals surface area contributed by atoms with Crippen molar-refractivity contribution in [2.24, 2.45) is 5.41 Å². The number of aliphatic carboxylic acids is 1. The Morgan fingerprint density at radius 3 is 2.61 bits per heavy atom. The molecule has 2 atom stereocenters. The third-order valence-electron chi connectivity index (χ3n) is 4.40. The zero-order valence-electron chi connectivity index (χ0n) is 13.1. The lowest BCUT2D eigenvalue weighted by molar-refractivity contribution is -0.131. The van der Waals surface area contributed by atoms with Crippen LogP contribution in [0.15, 0.2) is 48.1 Å². The van der Waals surface area contributed by atoms with Gasteiger partial charge in [0.05, 0.1) is 6.61 Å². The summed E-state index contributed by atoms with van der Waals surface area (Å²) in [5.74, 6) is -1.21. The highest BCUT2D eigenvalue weighted by atomic mass is 16.4. The Bertz CT molecular complexity index is 703. The molecular formula is C18H20O5. The van der Waals surface area contributed by atoms with Gasteiger partial charge in [-0.2, -0.15) is 0 Å². The average molecular weight is 316 g/mol. The van der Waals surface area contributed by atoms with Crippen LogP contribution in [0.25, 0.3) is 0 Å². The molecule has 0 saturated heterocycles. The van der Waals surface area contributed by atoms with Crippen LogP contribution in [0.3, 0.4) is 0 Å². The van der Waals surface area contributed by atoms with Crippen LogP contribution in [0.2, 0.25) is 0 Å². The van der Waals surface area contributed by atoms with Crippen molar-refractivity contribution in [2.75, 3.05) is 6.61 Å². The number of carboxylic acids is 1. The summed E-state index contributed by atoms with van der Waals surface area (Å²) < 4.78 is 0. The molecule has 0 saturated carbocycles. The fraction of sp³-hybridized carbons (Fsp3) is 0.333. The maximum absolute atomic E-state index is 12.3. The summed E-state index contributed by atoms with van der Waals surface area (Å²) in [6, 6.07) is 6.74. The van der Waals surface area contributed by atoms with Crippen LogP contribution in [0.1, 0.15) is 36.2 Å². The van der Waals surface area contributed by atoms with Crippen LogP contribution in [0.4, 0.5) is 0 Å². The predicted molar refractivity (Wildman–Crippen MR) is 85.0 cm³/mol. The van der Waals surface area contributed by atoms with E-state index in [1.165, 1.54) is 12.2 Å². The summed E-state index contributed by atoms with van der Waals surface area (Å²) in [6.45, 7) is 2.86. The number of benzene rings is 1. The van der Waals surface area contributed by atoms with Crippen LogP contribution < -0.4 is 0 Å². The van der Waals surface area contributed by atoms with E-state index in [9.17, 15) is 19.8 Å². The first-order valence-corrected chi connectivity index (χ1v) is 7.30. The molecule has 0 unspecified atom stereocenters. The van der Waals surface area contributed by atoms with Gasteiger partial charge in [-0.3, -0.25) is 4.79 Å². The fourth-order valence-electron chi connectivity index (χ4n) is 2.93. The second kappa shape index (κ2) is 6.10. The molecule has 0 bridgehead atoms. The number of carbonyl (C=O) groups excluding carboxylic acids is 1. The maximum Gasteiger partial charge on any atom is 0.328 e. The van der Waals surface area contributed by atoms with E-state index in [4.69, 9.17) is 5.11 Å². The van der Waals surface area contributed by atoms with Crippen LogP contribution in [0, 0.1) is 5.41 Å². The normalized spacial score (nSPS) is 28.0. The summed E-state index contributed by atoms with van der Waals surface area (Å²) >= 11 is 0. The maximum atomic E-state index is 12.3. The molecule has 5 heteroatoms. The van der Waals surface area contributed by atoms with Crippen molar-refractivity contribution in [3.63, 3.8) is 0 Å². The molecule has 0 heterocycles. The number of carboxylic acid groups (broad SMARTS) is 1. The molecule has 0 amide bonds. The largest absolute Gasteiger partial charge is 0.478 e. The van der Waals surface area contributed by atoms with Crippen LogP contribution in [-0.2, 0) is 10.4 Å². The van der Waals surface area contributed by atoms with E-state index in [0.29, 0.717) is 16.7 Å². The Balaban J connectivity index is 2.59. The van der Waals surface area contributed by atoms with Gasteiger partial charge in [0.15, 0.2) is 5.78 Å². The molecule has 1 aromatic carbocycles. The minimum absolute atomic E-state index is 0.00302. The molecular weight excluding hydrogens is 296 g/mol. The lowest BCUT2D eigenvalue weighted by Gasteiger charge is -2.46. The van der Waals surface area contributed by atoms with Gasteiger partial charge in [-0.1, -0.05) is 37.3 Å². The number of rotatable bonds is 4. The number of allylic oxidation sites excluding steroid dienone is 2. The van der Waals surface area contributed by atoms with E-state index in [1.807, 2.05) is 0 Å². The SMILES string of the molecule is CC(=C/C(=O)O)/C=C/[C@]1(O)c2ccccc2C(=O)C[C@@]1(C)CO. The Kier molecular flexibility index (Phi) is 4.54. The minimum Gasteiger partial charge on any atom is -0.478 e. The summed E-state index contributed by atoms with van der Waals surface area (Å²) in [7, 11) is 0. The first kappa shape index (κ1) is 17.1. The lowest BCUT2D eigenvalue weighted by Crippen LogP contribution is -2.50. The van der Waals surface area contributed by atoms with Crippen molar-refractivity contribution in [3.05, 3.63) is 59.2 Å². The highest BCUT2D eigenvalue weighted by Crippen LogP contribution is 2.49. The van der Waals surface area contributed by atoms with Crippen LogP contribution in [0.5, 0.6) is 0 Å². The van der Waals surface area contributed by atoms with Gasteiger partial charge in [0.25, 0.3) is 0 Å². The van der Waals surface area contributed by atoms with Crippen molar-refractivity contribution in [3.8, 4) is 0 Å². The molecule has 5 nitrogen and oxygen atoms in total. The van der Waals surface area contributed by atoms with E-state index in [1.54, 1.807) is 38.1 Å². The predicted octanol–water partition coefficient (Wildman–Crippen LogP) is 2.05. The molecule has 0 fully saturated rings. The number of hydrogen-bond acceptors (Lipinski definition) is 4. The van der Waals surface area contributed by atoms with Crippen molar-refractivity contribution in [1.29, 1.82) is 0 Å². The monoisotopic (exact) mass is 316 g/mol. The van der Waals surface area contributed by atoms with Gasteiger partial charge in [-0.25, -0.2) is 4.79 Å². The minimum atomic E-state index is -1.57. The van der Waals surface area contributed by atoms with Crippen LogP contribution >= 0.6 is 0 Å². The van der Waals surface area contributed by atoms with Crippen molar-refractivity contribution in [2.45, 2.75) is 25.9 Å². The highest BCUT2D eigenvalue weighted by Gasteiger charge is 2.52. The second-order valence-electron chi connectivity index (χ2n) is 6.19. The number of ketones is 1. The third-order valence-corrected chi connectivity index (χ3v) is 4.40. The molecule has 0 radical (unpaired) electrons. The molecule has 0 spiro atoms. The first-order chi connectivity index (χ1) is 10.7. The zero-order chi connectivity index (χ0) is 17.3. The summed E-state index contributed by atoms with van der Waals surface area (Å²) in [5, 5.41) is 29.8. The molecule has 122 valence electrons. The summed E-state index contributed by atoms with van der Waals surface area (Å²) in [4.78, 5) is 23.0. The highest BCUT2D eigenvalue weighted by molar-refractivity contribution is 6.00. The topological polar surface area (TPSA) is 94.8 Å². The number of fused-ring (bicyclic) bond motifs is 1. The average Bonchev–Trinajstić information content (AvgIpc) is 2.50. The molecule has 3 N–H and O–H groups in total. The standard InChI is InChI=1S/C18H20O5/c1-12(9-16(21)22)7-8-18(23)14-6-4-3-5-13(14)15(20)10-17(18,2)11-19/h3-9,19,23H,10-11H2,1-2H3,(H,21,22)/b8-7+,12-9-/t17-,18-/m0/s1. The number of Topliss-reactive ketones (excluding diaryl/α,β-unsaturated/α-hetero) is 1. The number of hydrogen-bond donors (Lipinski definition) is 3. The zero-order valence-corrected chi connectivity index (χ0v) is 13.1. The van der Waals surface area contributed by atoms with E-state index < -0.39 is 17.0 Å². The Labute approximate surface area is 134 Å². The van der Waals surface area contributed by atoms with Gasteiger partial charge in [0, 0.05) is 23.5 Å². The van der Waals surface area contributed by atoms with Gasteiger partial charge in [-0.05, 0) is 24.1 Å². The van der Waals surface area contributed by atoms with E-state index in [0.717, 1.165) is 6.08 Å². The van der Waals surface area contributed by atoms with E-state index in [-0.39, 0.29) is 18.8 Å². The van der Waals surface area contributed by atoms with Crippen molar-refractivity contribution >= 4 is 11.8 Å². The molecule has 1 aromatic rings. The second-order valence-corrected chi connectivity index (χ2v) is 6.19. The quantitative estimate of drug-likeness (QED) is 0.584. The number of aliphatic hydroxyl groups is 2. The summed E-state index contributed by atoms with van der Waals surface area (Å²) in [6.07, 6.45) is 3.98. The smallest absolute Gasteiger partial charge is 0.328 e. The van der Waals surface area contributed by atoms with Gasteiger partial charge in [0.1, 0.15) is 5.60 Å². The molecule has 0 aliphatic heterocycles. The Morgan fingerprint density at radius 1 is 1.35 bits per heavy atom. The van der Waals surface area contributed by atoms with Crippen molar-refractivity contribution < 1.29 is 24.9 Å². The number of aliphatic hydroxyl groups excluding tert-OH is 1. The van der Waals surface area contributed by atoms with Gasteiger partial charge in [-0.15, -0.1) is 0 Å².